The zero-order valence-electron chi connectivity index (χ0n) is 16.8. The lowest BCUT2D eigenvalue weighted by atomic mass is 9.88. The number of hydrogen-bond donors (Lipinski definition) is 5. The van der Waals surface area contributed by atoms with Gasteiger partial charge in [0, 0.05) is 0 Å². The van der Waals surface area contributed by atoms with E-state index in [9.17, 15) is 20.1 Å². The second kappa shape index (κ2) is 10.4. The van der Waals surface area contributed by atoms with Gasteiger partial charge in [-0.15, -0.1) is 11.8 Å². The van der Waals surface area contributed by atoms with Crippen LogP contribution in [0.25, 0.3) is 0 Å². The van der Waals surface area contributed by atoms with E-state index in [2.05, 4.69) is 17.6 Å². The fourth-order valence-corrected chi connectivity index (χ4v) is 4.66. The topological polar surface area (TPSA) is 111 Å². The number of aliphatic hydroxyl groups is 3. The summed E-state index contributed by atoms with van der Waals surface area (Å²) < 4.78 is 5.86. The van der Waals surface area contributed by atoms with Crippen molar-refractivity contribution in [3.8, 4) is 0 Å². The van der Waals surface area contributed by atoms with Crippen molar-refractivity contribution in [3.05, 3.63) is 0 Å². The van der Waals surface area contributed by atoms with Crippen molar-refractivity contribution in [2.75, 3.05) is 12.8 Å². The molecular formula is C19H36N2O5S. The smallest absolute Gasteiger partial charge is 0.237 e. The summed E-state index contributed by atoms with van der Waals surface area (Å²) in [6, 6.07) is -0.693. The number of thioether (sulfide) groups is 1. The summed E-state index contributed by atoms with van der Waals surface area (Å²) in [6.45, 7) is 6.91. The van der Waals surface area contributed by atoms with Crippen LogP contribution in [0, 0.1) is 11.8 Å². The third-order valence-electron chi connectivity index (χ3n) is 5.72. The molecule has 0 aromatic heterocycles. The first kappa shape index (κ1) is 22.9. The van der Waals surface area contributed by atoms with Crippen LogP contribution in [0.5, 0.6) is 0 Å². The predicted octanol–water partition coefficient (Wildman–Crippen LogP) is 0.466. The fourth-order valence-electron chi connectivity index (χ4n) is 3.98. The Labute approximate surface area is 166 Å². The zero-order chi connectivity index (χ0) is 20.1. The minimum Gasteiger partial charge on any atom is -0.388 e. The van der Waals surface area contributed by atoms with Crippen molar-refractivity contribution in [1.82, 2.24) is 10.6 Å². The van der Waals surface area contributed by atoms with Crippen LogP contribution in [0.4, 0.5) is 0 Å². The van der Waals surface area contributed by atoms with E-state index in [0.29, 0.717) is 5.92 Å². The maximum atomic E-state index is 12.8. The summed E-state index contributed by atoms with van der Waals surface area (Å²) in [4.78, 5) is 12.8. The van der Waals surface area contributed by atoms with Gasteiger partial charge in [0.15, 0.2) is 0 Å². The third-order valence-corrected chi connectivity index (χ3v) is 6.58. The molecule has 8 unspecified atom stereocenters. The second-order valence-electron chi connectivity index (χ2n) is 8.16. The van der Waals surface area contributed by atoms with Gasteiger partial charge in [-0.05, 0) is 37.5 Å². The molecule has 5 N–H and O–H groups in total. The predicted molar refractivity (Wildman–Crippen MR) is 106 cm³/mol. The largest absolute Gasteiger partial charge is 0.388 e. The van der Waals surface area contributed by atoms with Crippen molar-refractivity contribution >= 4 is 17.7 Å². The summed E-state index contributed by atoms with van der Waals surface area (Å²) in [6.07, 6.45) is 1.56. The SMILES string of the molecule is CCCCC1CNC(C(=O)NC(C(C)C)C2OC(SC)C(O)C(O)C2O)C1. The van der Waals surface area contributed by atoms with E-state index in [1.165, 1.54) is 18.2 Å². The van der Waals surface area contributed by atoms with Gasteiger partial charge < -0.3 is 30.7 Å². The van der Waals surface area contributed by atoms with Gasteiger partial charge in [0.1, 0.15) is 29.9 Å². The van der Waals surface area contributed by atoms with Gasteiger partial charge in [0.2, 0.25) is 5.91 Å². The van der Waals surface area contributed by atoms with E-state index in [0.717, 1.165) is 25.8 Å². The summed E-state index contributed by atoms with van der Waals surface area (Å²) in [5.74, 6) is 0.424. The molecular weight excluding hydrogens is 368 g/mol. The minimum absolute atomic E-state index is 0.00385. The second-order valence-corrected chi connectivity index (χ2v) is 9.10. The average Bonchev–Trinajstić information content (AvgIpc) is 3.12. The Balaban J connectivity index is 2.01. The zero-order valence-corrected chi connectivity index (χ0v) is 17.6. The van der Waals surface area contributed by atoms with Crippen LogP contribution < -0.4 is 10.6 Å². The van der Waals surface area contributed by atoms with Gasteiger partial charge in [-0.25, -0.2) is 0 Å². The molecule has 2 aliphatic rings. The minimum atomic E-state index is -1.30. The number of ether oxygens (including phenoxy) is 1. The molecule has 2 rings (SSSR count). The molecule has 0 spiro atoms. The maximum absolute atomic E-state index is 12.8. The van der Waals surface area contributed by atoms with Crippen LogP contribution in [-0.2, 0) is 9.53 Å². The first-order valence-corrected chi connectivity index (χ1v) is 11.3. The van der Waals surface area contributed by atoms with Crippen LogP contribution in [0.3, 0.4) is 0 Å². The van der Waals surface area contributed by atoms with Gasteiger partial charge >= 0.3 is 0 Å². The molecule has 2 heterocycles. The molecule has 2 aliphatic heterocycles. The third kappa shape index (κ3) is 5.58. The molecule has 7 nitrogen and oxygen atoms in total. The fraction of sp³-hybridized carbons (Fsp3) is 0.947. The van der Waals surface area contributed by atoms with Gasteiger partial charge in [0.05, 0.1) is 12.1 Å². The number of nitrogens with one attached hydrogen (secondary N) is 2. The molecule has 8 heteroatoms. The van der Waals surface area contributed by atoms with E-state index < -0.39 is 35.9 Å². The lowest BCUT2D eigenvalue weighted by Gasteiger charge is -2.44. The van der Waals surface area contributed by atoms with Crippen molar-refractivity contribution in [2.45, 2.75) is 88.4 Å². The Morgan fingerprint density at radius 1 is 1.26 bits per heavy atom. The van der Waals surface area contributed by atoms with Gasteiger partial charge in [-0.1, -0.05) is 33.6 Å². The van der Waals surface area contributed by atoms with Crippen LogP contribution in [-0.4, -0.2) is 76.0 Å². The highest BCUT2D eigenvalue weighted by Crippen LogP contribution is 2.30. The lowest BCUT2D eigenvalue weighted by molar-refractivity contribution is -0.208. The molecule has 27 heavy (non-hydrogen) atoms. The maximum Gasteiger partial charge on any atom is 0.237 e. The molecule has 0 radical (unpaired) electrons. The molecule has 0 saturated carbocycles. The molecule has 0 aromatic carbocycles. The quantitative estimate of drug-likeness (QED) is 0.400. The first-order chi connectivity index (χ1) is 12.8. The summed E-state index contributed by atoms with van der Waals surface area (Å²) in [5.41, 5.74) is -0.644. The Kier molecular flexibility index (Phi) is 8.83. The molecule has 8 atom stereocenters. The van der Waals surface area contributed by atoms with Crippen molar-refractivity contribution in [2.24, 2.45) is 11.8 Å². The Bertz CT molecular complexity index is 479. The normalized spacial score (nSPS) is 38.1. The number of carbonyl (C=O) groups excluding carboxylic acids is 1. The van der Waals surface area contributed by atoms with Crippen molar-refractivity contribution in [1.29, 1.82) is 0 Å². The van der Waals surface area contributed by atoms with Crippen LogP contribution in [0.1, 0.15) is 46.5 Å². The highest BCUT2D eigenvalue weighted by Gasteiger charge is 2.47. The number of carbonyl (C=O) groups is 1. The number of aliphatic hydroxyl groups excluding tert-OH is 3. The van der Waals surface area contributed by atoms with E-state index in [1.54, 1.807) is 6.26 Å². The van der Waals surface area contributed by atoms with Crippen LogP contribution in [0.15, 0.2) is 0 Å². The van der Waals surface area contributed by atoms with E-state index in [1.807, 2.05) is 13.8 Å². The molecule has 158 valence electrons. The molecule has 0 aliphatic carbocycles. The van der Waals surface area contributed by atoms with E-state index in [4.69, 9.17) is 4.74 Å². The monoisotopic (exact) mass is 404 g/mol. The van der Waals surface area contributed by atoms with Crippen molar-refractivity contribution in [3.63, 3.8) is 0 Å². The molecule has 2 fully saturated rings. The molecule has 0 aromatic rings. The Morgan fingerprint density at radius 2 is 1.96 bits per heavy atom. The van der Waals surface area contributed by atoms with Crippen LogP contribution >= 0.6 is 11.8 Å². The van der Waals surface area contributed by atoms with Gasteiger partial charge in [-0.3, -0.25) is 4.79 Å². The number of amides is 1. The average molecular weight is 405 g/mol. The number of rotatable bonds is 8. The molecule has 0 bridgehead atoms. The summed E-state index contributed by atoms with van der Waals surface area (Å²) in [5, 5.41) is 37.0. The summed E-state index contributed by atoms with van der Waals surface area (Å²) in [7, 11) is 0. The highest BCUT2D eigenvalue weighted by molar-refractivity contribution is 7.99. The van der Waals surface area contributed by atoms with Crippen LogP contribution in [0.2, 0.25) is 0 Å². The highest BCUT2D eigenvalue weighted by atomic mass is 32.2. The lowest BCUT2D eigenvalue weighted by Crippen LogP contribution is -2.64. The number of hydrogen-bond acceptors (Lipinski definition) is 7. The summed E-state index contributed by atoms with van der Waals surface area (Å²) >= 11 is 1.28. The Morgan fingerprint density at radius 3 is 2.56 bits per heavy atom. The van der Waals surface area contributed by atoms with E-state index >= 15 is 0 Å². The first-order valence-electron chi connectivity index (χ1n) is 10.1. The standard InChI is InChI=1S/C19H36N2O5S/c1-5-6-7-11-8-12(20-9-11)18(25)21-13(10(2)3)17-15(23)14(22)16(24)19(26-17)27-4/h10-17,19-20,22-24H,5-9H2,1-4H3,(H,21,25). The van der Waals surface area contributed by atoms with Crippen molar-refractivity contribution < 1.29 is 24.9 Å². The molecule has 1 amide bonds. The van der Waals surface area contributed by atoms with Gasteiger partial charge in [-0.2, -0.15) is 0 Å². The Hall–Kier alpha value is -0.380. The number of unbranched alkanes of at least 4 members (excludes halogenated alkanes) is 1. The molecule has 2 saturated heterocycles. The van der Waals surface area contributed by atoms with E-state index in [-0.39, 0.29) is 17.9 Å². The van der Waals surface area contributed by atoms with Gasteiger partial charge in [0.25, 0.3) is 0 Å².